The Hall–Kier alpha value is -4.23. The topological polar surface area (TPSA) is 54.8 Å². The molecule has 7 heteroatoms. The van der Waals surface area contributed by atoms with Crippen molar-refractivity contribution in [3.63, 3.8) is 0 Å². The van der Waals surface area contributed by atoms with Gasteiger partial charge in [-0.1, -0.05) is 86.6 Å². The number of nitrogens with zero attached hydrogens (tertiary/aromatic N) is 3. The summed E-state index contributed by atoms with van der Waals surface area (Å²) in [7, 11) is 0. The third-order valence-electron chi connectivity index (χ3n) is 6.71. The molecule has 0 unspecified atom stereocenters. The smallest absolute Gasteiger partial charge is 0.249 e. The van der Waals surface area contributed by atoms with Gasteiger partial charge in [0.2, 0.25) is 11.8 Å². The third-order valence-corrected chi connectivity index (χ3v) is 6.71. The molecular formula is C34H38FN3O3. The van der Waals surface area contributed by atoms with Crippen LogP contribution in [0.1, 0.15) is 36.2 Å². The number of hydrogen-bond acceptors (Lipinski definition) is 3. The second-order valence-corrected chi connectivity index (χ2v) is 10.6. The van der Waals surface area contributed by atoms with E-state index in [2.05, 4.69) is 4.57 Å². The lowest BCUT2D eigenvalue weighted by atomic mass is 10.2. The minimum Gasteiger partial charge on any atom is -0.367 e. The summed E-state index contributed by atoms with van der Waals surface area (Å²) in [4.78, 5) is 30.4. The molecule has 0 fully saturated rings. The summed E-state index contributed by atoms with van der Waals surface area (Å²) in [6, 6.07) is 29.9. The summed E-state index contributed by atoms with van der Waals surface area (Å²) >= 11 is 0. The molecule has 3 aromatic carbocycles. The molecular weight excluding hydrogens is 517 g/mol. The first-order valence-electron chi connectivity index (χ1n) is 14.0. The third kappa shape index (κ3) is 9.43. The van der Waals surface area contributed by atoms with Crippen LogP contribution in [0, 0.1) is 11.7 Å². The molecule has 0 saturated carbocycles. The Bertz CT molecular complexity index is 1370. The van der Waals surface area contributed by atoms with Crippen LogP contribution in [0.3, 0.4) is 0 Å². The first kappa shape index (κ1) is 29.7. The molecule has 6 nitrogen and oxygen atoms in total. The van der Waals surface area contributed by atoms with Gasteiger partial charge in [0.25, 0.3) is 0 Å². The molecule has 0 N–H and O–H groups in total. The summed E-state index contributed by atoms with van der Waals surface area (Å²) in [5.74, 6) is -0.425. The van der Waals surface area contributed by atoms with Gasteiger partial charge in [0.15, 0.2) is 0 Å². The van der Waals surface area contributed by atoms with Crippen molar-refractivity contribution in [2.45, 2.75) is 40.1 Å². The Kier molecular flexibility index (Phi) is 10.9. The molecule has 0 bridgehead atoms. The minimum absolute atomic E-state index is 0.0305. The fourth-order valence-electron chi connectivity index (χ4n) is 4.65. The number of carbonyl (C=O) groups excluding carboxylic acids is 2. The largest absolute Gasteiger partial charge is 0.367 e. The number of carbonyl (C=O) groups is 2. The van der Waals surface area contributed by atoms with Crippen LogP contribution in [0.4, 0.5) is 4.39 Å². The maximum Gasteiger partial charge on any atom is 0.249 e. The van der Waals surface area contributed by atoms with Crippen LogP contribution in [0.5, 0.6) is 0 Å². The highest BCUT2D eigenvalue weighted by molar-refractivity contribution is 5.85. The lowest BCUT2D eigenvalue weighted by molar-refractivity contribution is -0.144. The van der Waals surface area contributed by atoms with E-state index >= 15 is 0 Å². The first-order valence-corrected chi connectivity index (χ1v) is 14.0. The maximum absolute atomic E-state index is 13.8. The Labute approximate surface area is 242 Å². The van der Waals surface area contributed by atoms with E-state index in [0.29, 0.717) is 32.8 Å². The predicted octanol–water partition coefficient (Wildman–Crippen LogP) is 5.91. The summed E-state index contributed by atoms with van der Waals surface area (Å²) in [6.07, 6.45) is 1.96. The van der Waals surface area contributed by atoms with E-state index < -0.39 is 0 Å². The van der Waals surface area contributed by atoms with Gasteiger partial charge in [0, 0.05) is 31.5 Å². The molecule has 1 heterocycles. The fraction of sp³-hybridized carbons (Fsp3) is 0.294. The van der Waals surface area contributed by atoms with Crippen LogP contribution in [0.2, 0.25) is 0 Å². The van der Waals surface area contributed by atoms with Crippen molar-refractivity contribution in [2.24, 2.45) is 5.92 Å². The Morgan fingerprint density at radius 1 is 0.756 bits per heavy atom. The molecule has 0 radical (unpaired) electrons. The maximum atomic E-state index is 13.8. The molecule has 0 aliphatic carbocycles. The van der Waals surface area contributed by atoms with E-state index in [9.17, 15) is 14.0 Å². The molecule has 0 spiro atoms. The molecule has 0 aliphatic rings. The van der Waals surface area contributed by atoms with Gasteiger partial charge in [0.05, 0.1) is 19.7 Å². The number of amides is 2. The van der Waals surface area contributed by atoms with E-state index in [1.165, 1.54) is 12.1 Å². The highest BCUT2D eigenvalue weighted by atomic mass is 19.1. The predicted molar refractivity (Wildman–Crippen MR) is 158 cm³/mol. The van der Waals surface area contributed by atoms with E-state index in [-0.39, 0.29) is 36.7 Å². The van der Waals surface area contributed by atoms with E-state index in [0.717, 1.165) is 22.4 Å². The van der Waals surface area contributed by atoms with Crippen molar-refractivity contribution >= 4 is 11.8 Å². The summed E-state index contributed by atoms with van der Waals surface area (Å²) in [5, 5.41) is 0. The van der Waals surface area contributed by atoms with Gasteiger partial charge in [-0.3, -0.25) is 9.59 Å². The standard InChI is InChI=1S/C34H38FN3O3/c1-27(2)20-37(34(40)26-41-25-30-12-7-4-8-13-30)24-33(39)38(22-28-10-5-3-6-11-28)23-32-14-9-19-36(32)21-29-15-17-31(35)18-16-29/h3-19,27H,20-26H2,1-2H3. The second-order valence-electron chi connectivity index (χ2n) is 10.6. The monoisotopic (exact) mass is 555 g/mol. The van der Waals surface area contributed by atoms with Crippen molar-refractivity contribution in [2.75, 3.05) is 19.7 Å². The van der Waals surface area contributed by atoms with Crippen molar-refractivity contribution in [3.05, 3.63) is 131 Å². The zero-order chi connectivity index (χ0) is 29.0. The van der Waals surface area contributed by atoms with Crippen LogP contribution in [0.25, 0.3) is 0 Å². The molecule has 4 rings (SSSR count). The highest BCUT2D eigenvalue weighted by Crippen LogP contribution is 2.15. The minimum atomic E-state index is -0.271. The number of aromatic nitrogens is 1. The van der Waals surface area contributed by atoms with Gasteiger partial charge in [-0.15, -0.1) is 0 Å². The van der Waals surface area contributed by atoms with Crippen molar-refractivity contribution in [1.29, 1.82) is 0 Å². The lowest BCUT2D eigenvalue weighted by Crippen LogP contribution is -2.45. The van der Waals surface area contributed by atoms with Crippen molar-refractivity contribution < 1.29 is 18.7 Å². The molecule has 41 heavy (non-hydrogen) atoms. The zero-order valence-corrected chi connectivity index (χ0v) is 23.8. The Morgan fingerprint density at radius 3 is 2.07 bits per heavy atom. The average molecular weight is 556 g/mol. The summed E-state index contributed by atoms with van der Waals surface area (Å²) in [6.45, 7) is 6.07. The van der Waals surface area contributed by atoms with Gasteiger partial charge in [0.1, 0.15) is 12.4 Å². The number of halogens is 1. The number of rotatable bonds is 14. The highest BCUT2D eigenvalue weighted by Gasteiger charge is 2.23. The molecule has 214 valence electrons. The van der Waals surface area contributed by atoms with Crippen LogP contribution < -0.4 is 0 Å². The van der Waals surface area contributed by atoms with Crippen LogP contribution in [0.15, 0.2) is 103 Å². The van der Waals surface area contributed by atoms with Gasteiger partial charge in [-0.2, -0.15) is 0 Å². The van der Waals surface area contributed by atoms with Crippen molar-refractivity contribution in [3.8, 4) is 0 Å². The number of benzene rings is 3. The lowest BCUT2D eigenvalue weighted by Gasteiger charge is -2.29. The van der Waals surface area contributed by atoms with Gasteiger partial charge in [-0.25, -0.2) is 4.39 Å². The number of hydrogen-bond donors (Lipinski definition) is 0. The Balaban J connectivity index is 1.47. The molecule has 0 atom stereocenters. The first-order chi connectivity index (χ1) is 19.9. The van der Waals surface area contributed by atoms with E-state index in [4.69, 9.17) is 4.74 Å². The van der Waals surface area contributed by atoms with Crippen LogP contribution >= 0.6 is 0 Å². The van der Waals surface area contributed by atoms with E-state index in [1.54, 1.807) is 21.9 Å². The summed E-state index contributed by atoms with van der Waals surface area (Å²) < 4.78 is 21.2. The Morgan fingerprint density at radius 2 is 1.41 bits per heavy atom. The number of ether oxygens (including phenoxy) is 1. The van der Waals surface area contributed by atoms with E-state index in [1.807, 2.05) is 92.8 Å². The zero-order valence-electron chi connectivity index (χ0n) is 23.8. The van der Waals surface area contributed by atoms with Gasteiger partial charge >= 0.3 is 0 Å². The normalized spacial score (nSPS) is 11.0. The average Bonchev–Trinajstić information content (AvgIpc) is 3.40. The van der Waals surface area contributed by atoms with Crippen molar-refractivity contribution in [1.82, 2.24) is 14.4 Å². The van der Waals surface area contributed by atoms with Gasteiger partial charge < -0.3 is 19.1 Å². The molecule has 0 aliphatic heterocycles. The summed E-state index contributed by atoms with van der Waals surface area (Å²) in [5.41, 5.74) is 3.91. The second kappa shape index (κ2) is 15.0. The molecule has 0 saturated heterocycles. The quantitative estimate of drug-likeness (QED) is 0.195. The molecule has 1 aromatic heterocycles. The SMILES string of the molecule is CC(C)CN(CC(=O)N(Cc1ccccc1)Cc1cccn1Cc1ccc(F)cc1)C(=O)COCc1ccccc1. The van der Waals surface area contributed by atoms with Crippen LogP contribution in [-0.2, 0) is 40.6 Å². The fourth-order valence-corrected chi connectivity index (χ4v) is 4.65. The van der Waals surface area contributed by atoms with Gasteiger partial charge in [-0.05, 0) is 46.9 Å². The van der Waals surface area contributed by atoms with Crippen LogP contribution in [-0.4, -0.2) is 45.9 Å². The molecule has 2 amide bonds. The molecule has 4 aromatic rings.